The highest BCUT2D eigenvalue weighted by molar-refractivity contribution is 5.91. The number of carbonyl (C=O) groups excluding carboxylic acids is 1. The number of aliphatic imine (C=N–C) groups is 1. The molecule has 0 bridgehead atoms. The molecular weight excluding hydrogens is 310 g/mol. The van der Waals surface area contributed by atoms with Crippen molar-refractivity contribution in [3.63, 3.8) is 0 Å². The molecule has 0 fully saturated rings. The summed E-state index contributed by atoms with van der Waals surface area (Å²) in [4.78, 5) is 15.5. The molecule has 1 unspecified atom stereocenters. The Morgan fingerprint density at radius 3 is 2.62 bits per heavy atom. The third kappa shape index (κ3) is 3.96. The average molecular weight is 333 g/mol. The Morgan fingerprint density at radius 2 is 2.08 bits per heavy atom. The summed E-state index contributed by atoms with van der Waals surface area (Å²) < 4.78 is 11.3. The number of hydrogen-bond donors (Lipinski definition) is 4. The first-order chi connectivity index (χ1) is 11.2. The number of guanidine groups is 1. The number of rotatable bonds is 5. The molecule has 0 spiro atoms. The summed E-state index contributed by atoms with van der Waals surface area (Å²) in [6.07, 6.45) is 3.12. The number of nitrogens with one attached hydrogen (secondary N) is 2. The first-order valence-electron chi connectivity index (χ1n) is 7.51. The van der Waals surface area contributed by atoms with Crippen molar-refractivity contribution in [2.24, 2.45) is 16.5 Å². The van der Waals surface area contributed by atoms with E-state index in [0.717, 1.165) is 5.56 Å². The van der Waals surface area contributed by atoms with Gasteiger partial charge in [0.25, 0.3) is 5.85 Å². The number of nitrogens with two attached hydrogens (primary N) is 2. The number of methoxy groups -OCH3 is 1. The van der Waals surface area contributed by atoms with Crippen LogP contribution >= 0.6 is 0 Å². The Balaban J connectivity index is 2.48. The molecule has 8 nitrogen and oxygen atoms in total. The fraction of sp³-hybridized carbons (Fsp3) is 0.375. The lowest BCUT2D eigenvalue weighted by molar-refractivity contribution is -0.114. The van der Waals surface area contributed by atoms with E-state index in [2.05, 4.69) is 15.6 Å². The fourth-order valence-corrected chi connectivity index (χ4v) is 2.31. The minimum Gasteiger partial charge on any atom is -0.495 e. The standard InChI is InChI=1S/C16H23N5O3/c1-9(2)11-7-14(23-4)12(20-10(3)22)8-13(11)24-16(18)5-6-19-15(17)21-16/h5-9H,18H2,1-4H3,(H,20,22)(H3,17,19,21). The molecule has 24 heavy (non-hydrogen) atoms. The zero-order valence-electron chi connectivity index (χ0n) is 14.2. The molecule has 0 saturated heterocycles. The second kappa shape index (κ2) is 6.79. The number of hydrogen-bond acceptors (Lipinski definition) is 7. The molecule has 1 aliphatic rings. The van der Waals surface area contributed by atoms with E-state index in [-0.39, 0.29) is 17.8 Å². The zero-order chi connectivity index (χ0) is 17.9. The third-order valence-corrected chi connectivity index (χ3v) is 3.39. The quantitative estimate of drug-likeness (QED) is 0.600. The van der Waals surface area contributed by atoms with Crippen LogP contribution in [0.5, 0.6) is 11.5 Å². The summed E-state index contributed by atoms with van der Waals surface area (Å²) >= 11 is 0. The van der Waals surface area contributed by atoms with Gasteiger partial charge >= 0.3 is 0 Å². The van der Waals surface area contributed by atoms with Crippen molar-refractivity contribution in [3.8, 4) is 11.5 Å². The minimum atomic E-state index is -1.43. The van der Waals surface area contributed by atoms with Crippen molar-refractivity contribution in [2.75, 3.05) is 12.4 Å². The van der Waals surface area contributed by atoms with Crippen LogP contribution in [0.15, 0.2) is 29.4 Å². The van der Waals surface area contributed by atoms with E-state index in [1.54, 1.807) is 18.3 Å². The van der Waals surface area contributed by atoms with Crippen molar-refractivity contribution in [1.29, 1.82) is 0 Å². The molecule has 6 N–H and O–H groups in total. The summed E-state index contributed by atoms with van der Waals surface area (Å²) in [6, 6.07) is 3.48. The Hall–Kier alpha value is -2.74. The summed E-state index contributed by atoms with van der Waals surface area (Å²) in [5.74, 6) is -0.335. The average Bonchev–Trinajstić information content (AvgIpc) is 2.45. The van der Waals surface area contributed by atoms with E-state index in [0.29, 0.717) is 17.2 Å². The van der Waals surface area contributed by atoms with Gasteiger partial charge in [-0.05, 0) is 12.0 Å². The van der Waals surface area contributed by atoms with Crippen LogP contribution in [0.3, 0.4) is 0 Å². The highest BCUT2D eigenvalue weighted by Gasteiger charge is 2.28. The molecule has 1 atom stereocenters. The zero-order valence-corrected chi connectivity index (χ0v) is 14.2. The van der Waals surface area contributed by atoms with E-state index in [1.165, 1.54) is 14.0 Å². The number of ether oxygens (including phenoxy) is 2. The van der Waals surface area contributed by atoms with Crippen LogP contribution in [-0.2, 0) is 4.79 Å². The van der Waals surface area contributed by atoms with Gasteiger partial charge < -0.3 is 25.8 Å². The number of carbonyl (C=O) groups is 1. The topological polar surface area (TPSA) is 124 Å². The first-order valence-corrected chi connectivity index (χ1v) is 7.51. The SMILES string of the molecule is COc1cc(C(C)C)c(OC2(N)C=CNC(N)=N2)cc1NC(C)=O. The van der Waals surface area contributed by atoms with Gasteiger partial charge in [-0.3, -0.25) is 10.5 Å². The third-order valence-electron chi connectivity index (χ3n) is 3.39. The minimum absolute atomic E-state index is 0.135. The second-order valence-electron chi connectivity index (χ2n) is 5.75. The lowest BCUT2D eigenvalue weighted by Gasteiger charge is -2.28. The van der Waals surface area contributed by atoms with E-state index >= 15 is 0 Å². The molecule has 130 valence electrons. The molecule has 8 heteroatoms. The van der Waals surface area contributed by atoms with E-state index in [4.69, 9.17) is 20.9 Å². The van der Waals surface area contributed by atoms with E-state index in [1.807, 2.05) is 19.9 Å². The van der Waals surface area contributed by atoms with Gasteiger partial charge in [0.1, 0.15) is 11.5 Å². The van der Waals surface area contributed by atoms with Gasteiger partial charge in [0.2, 0.25) is 5.91 Å². The van der Waals surface area contributed by atoms with Crippen molar-refractivity contribution in [2.45, 2.75) is 32.5 Å². The van der Waals surface area contributed by atoms with Crippen LogP contribution in [0.25, 0.3) is 0 Å². The van der Waals surface area contributed by atoms with E-state index < -0.39 is 5.85 Å². The van der Waals surface area contributed by atoms with Crippen LogP contribution in [0.1, 0.15) is 32.3 Å². The first kappa shape index (κ1) is 17.6. The molecule has 1 aliphatic heterocycles. The summed E-state index contributed by atoms with van der Waals surface area (Å²) in [6.45, 7) is 5.44. The number of anilines is 1. The normalized spacial score (nSPS) is 19.5. The molecular formula is C16H23N5O3. The van der Waals surface area contributed by atoms with Crippen LogP contribution < -0.4 is 31.6 Å². The van der Waals surface area contributed by atoms with Crippen LogP contribution in [0.4, 0.5) is 5.69 Å². The monoisotopic (exact) mass is 333 g/mol. The smallest absolute Gasteiger partial charge is 0.280 e. The van der Waals surface area contributed by atoms with Crippen molar-refractivity contribution >= 4 is 17.6 Å². The molecule has 0 saturated carbocycles. The fourth-order valence-electron chi connectivity index (χ4n) is 2.31. The van der Waals surface area contributed by atoms with Crippen LogP contribution in [-0.4, -0.2) is 24.8 Å². The van der Waals surface area contributed by atoms with Crippen LogP contribution in [0.2, 0.25) is 0 Å². The number of amides is 1. The molecule has 1 amide bonds. The summed E-state index contributed by atoms with van der Waals surface area (Å²) in [7, 11) is 1.54. The lowest BCUT2D eigenvalue weighted by atomic mass is 10.0. The van der Waals surface area contributed by atoms with Crippen molar-refractivity contribution in [1.82, 2.24) is 5.32 Å². The molecule has 0 radical (unpaired) electrons. The predicted molar refractivity (Wildman–Crippen MR) is 92.8 cm³/mol. The van der Waals surface area contributed by atoms with Gasteiger partial charge in [0.05, 0.1) is 12.8 Å². The molecule has 1 aromatic rings. The highest BCUT2D eigenvalue weighted by atomic mass is 16.5. The lowest BCUT2D eigenvalue weighted by Crippen LogP contribution is -2.48. The van der Waals surface area contributed by atoms with Gasteiger partial charge in [-0.1, -0.05) is 13.8 Å². The van der Waals surface area contributed by atoms with Gasteiger partial charge in [-0.15, -0.1) is 0 Å². The summed E-state index contributed by atoms with van der Waals surface area (Å²) in [5, 5.41) is 5.44. The molecule has 0 aromatic heterocycles. The highest BCUT2D eigenvalue weighted by Crippen LogP contribution is 2.38. The number of nitrogens with zero attached hydrogens (tertiary/aromatic N) is 1. The Kier molecular flexibility index (Phi) is 4.99. The van der Waals surface area contributed by atoms with E-state index in [9.17, 15) is 4.79 Å². The largest absolute Gasteiger partial charge is 0.495 e. The maximum absolute atomic E-state index is 11.4. The molecule has 1 heterocycles. The second-order valence-corrected chi connectivity index (χ2v) is 5.75. The van der Waals surface area contributed by atoms with Crippen LogP contribution in [0, 0.1) is 0 Å². The van der Waals surface area contributed by atoms with Gasteiger partial charge in [0, 0.05) is 30.8 Å². The molecule has 0 aliphatic carbocycles. The summed E-state index contributed by atoms with van der Waals surface area (Å²) in [5.41, 5.74) is 13.1. The molecule has 1 aromatic carbocycles. The molecule has 2 rings (SSSR count). The Labute approximate surface area is 140 Å². The van der Waals surface area contributed by atoms with Gasteiger partial charge in [-0.2, -0.15) is 4.99 Å². The Bertz CT molecular complexity index is 699. The van der Waals surface area contributed by atoms with Crippen molar-refractivity contribution in [3.05, 3.63) is 30.0 Å². The van der Waals surface area contributed by atoms with Gasteiger partial charge in [-0.25, -0.2) is 0 Å². The van der Waals surface area contributed by atoms with Crippen molar-refractivity contribution < 1.29 is 14.3 Å². The maximum Gasteiger partial charge on any atom is 0.280 e. The predicted octanol–water partition coefficient (Wildman–Crippen LogP) is 1.20. The van der Waals surface area contributed by atoms with Gasteiger partial charge in [0.15, 0.2) is 5.96 Å². The maximum atomic E-state index is 11.4. The Morgan fingerprint density at radius 1 is 1.38 bits per heavy atom. The number of benzene rings is 1.